The predicted octanol–water partition coefficient (Wildman–Crippen LogP) is 1.92. The highest BCUT2D eigenvalue weighted by Crippen LogP contribution is 2.31. The molecule has 0 spiro atoms. The Labute approximate surface area is 225 Å². The molecule has 0 aliphatic carbocycles. The molecule has 2 unspecified atom stereocenters. The molecule has 0 radical (unpaired) electrons. The second-order valence-electron chi connectivity index (χ2n) is 9.56. The Balaban J connectivity index is 1.49. The summed E-state index contributed by atoms with van der Waals surface area (Å²) in [6.45, 7) is 3.53. The van der Waals surface area contributed by atoms with Crippen LogP contribution in [-0.4, -0.2) is 92.1 Å². The van der Waals surface area contributed by atoms with Crippen LogP contribution in [0.15, 0.2) is 54.6 Å². The highest BCUT2D eigenvalue weighted by molar-refractivity contribution is 7.76. The topological polar surface area (TPSA) is 133 Å². The average molecular weight is 544 g/mol. The molecular formula is C27H35N4O6S-. The van der Waals surface area contributed by atoms with Crippen molar-refractivity contribution in [2.75, 3.05) is 46.3 Å². The molecule has 1 aliphatic heterocycles. The first-order valence-electron chi connectivity index (χ1n) is 12.6. The van der Waals surface area contributed by atoms with Crippen LogP contribution in [0.5, 0.6) is 0 Å². The SMILES string of the molecule is CC(c1cccc2ccccc12)N1CCC(CN(CC(=O)N(C)CC(=O)NC/C=C/C(=O)O)S(=O)[O-])CC1. The van der Waals surface area contributed by atoms with Gasteiger partial charge >= 0.3 is 5.97 Å². The Morgan fingerprint density at radius 3 is 2.53 bits per heavy atom. The van der Waals surface area contributed by atoms with Crippen LogP contribution in [0.3, 0.4) is 0 Å². The standard InChI is InChI=1S/C27H36N4O6S/c1-20(23-10-5-8-22-7-3-4-9-24(22)23)30-15-12-21(13-16-30)17-31(38(36)37)19-26(33)29(2)18-25(32)28-14-6-11-27(34)35/h3-11,20-21H,12-19H2,1-2H3,(H,28,32)(H,34,35)(H,36,37)/p-1/b11-6+. The van der Waals surface area contributed by atoms with Crippen LogP contribution in [0.25, 0.3) is 10.8 Å². The van der Waals surface area contributed by atoms with Gasteiger partial charge in [-0.2, -0.15) is 0 Å². The molecular weight excluding hydrogens is 508 g/mol. The van der Waals surface area contributed by atoms with Gasteiger partial charge in [-0.1, -0.05) is 48.5 Å². The van der Waals surface area contributed by atoms with Crippen LogP contribution in [0.1, 0.15) is 31.4 Å². The lowest BCUT2D eigenvalue weighted by Gasteiger charge is -2.38. The summed E-state index contributed by atoms with van der Waals surface area (Å²) in [5.74, 6) is -1.96. The van der Waals surface area contributed by atoms with Crippen molar-refractivity contribution >= 4 is 39.8 Å². The maximum absolute atomic E-state index is 12.6. The van der Waals surface area contributed by atoms with E-state index in [0.29, 0.717) is 0 Å². The molecule has 38 heavy (non-hydrogen) atoms. The van der Waals surface area contributed by atoms with E-state index in [4.69, 9.17) is 5.11 Å². The number of nitrogens with one attached hydrogen (secondary N) is 1. The summed E-state index contributed by atoms with van der Waals surface area (Å²) in [4.78, 5) is 38.6. The van der Waals surface area contributed by atoms with E-state index in [-0.39, 0.29) is 38.1 Å². The summed E-state index contributed by atoms with van der Waals surface area (Å²) < 4.78 is 24.9. The van der Waals surface area contributed by atoms with Crippen LogP contribution in [0.4, 0.5) is 0 Å². The molecule has 11 heteroatoms. The Hall–Kier alpha value is -3.12. The third kappa shape index (κ3) is 8.45. The van der Waals surface area contributed by atoms with Gasteiger partial charge in [-0.05, 0) is 55.1 Å². The number of carboxylic acids is 1. The number of rotatable bonds is 12. The molecule has 2 amide bonds. The normalized spacial score (nSPS) is 16.5. The fourth-order valence-corrected chi connectivity index (χ4v) is 5.31. The van der Waals surface area contributed by atoms with Crippen LogP contribution in [0, 0.1) is 5.92 Å². The van der Waals surface area contributed by atoms with E-state index < -0.39 is 29.1 Å². The van der Waals surface area contributed by atoms with Gasteiger partial charge in [-0.15, -0.1) is 0 Å². The lowest BCUT2D eigenvalue weighted by atomic mass is 9.93. The molecule has 206 valence electrons. The second-order valence-corrected chi connectivity index (χ2v) is 10.5. The zero-order valence-electron chi connectivity index (χ0n) is 21.7. The summed E-state index contributed by atoms with van der Waals surface area (Å²) in [6.07, 6.45) is 3.82. The molecule has 2 aromatic carbocycles. The monoisotopic (exact) mass is 543 g/mol. The van der Waals surface area contributed by atoms with Crippen molar-refractivity contribution in [3.05, 3.63) is 60.2 Å². The summed E-state index contributed by atoms with van der Waals surface area (Å²) >= 11 is -2.57. The maximum atomic E-state index is 12.6. The Morgan fingerprint density at radius 1 is 1.16 bits per heavy atom. The number of amides is 2. The van der Waals surface area contributed by atoms with E-state index in [1.54, 1.807) is 0 Å². The van der Waals surface area contributed by atoms with Crippen LogP contribution in [-0.2, 0) is 25.7 Å². The van der Waals surface area contributed by atoms with Crippen molar-refractivity contribution in [2.45, 2.75) is 25.8 Å². The molecule has 0 bridgehead atoms. The fourth-order valence-electron chi connectivity index (χ4n) is 4.76. The van der Waals surface area contributed by atoms with E-state index in [1.807, 2.05) is 12.1 Å². The fraction of sp³-hybridized carbons (Fsp3) is 0.444. The zero-order valence-corrected chi connectivity index (χ0v) is 22.6. The number of piperidine rings is 1. The van der Waals surface area contributed by atoms with Crippen molar-refractivity contribution in [3.63, 3.8) is 0 Å². The molecule has 10 nitrogen and oxygen atoms in total. The van der Waals surface area contributed by atoms with Crippen molar-refractivity contribution in [1.29, 1.82) is 0 Å². The number of benzene rings is 2. The minimum absolute atomic E-state index is 0.0156. The third-order valence-corrected chi connectivity index (χ3v) is 7.64. The van der Waals surface area contributed by atoms with Crippen LogP contribution in [0.2, 0.25) is 0 Å². The van der Waals surface area contributed by atoms with Gasteiger partial charge in [0.15, 0.2) is 0 Å². The highest BCUT2D eigenvalue weighted by Gasteiger charge is 2.27. The molecule has 2 N–H and O–H groups in total. The average Bonchev–Trinajstić information content (AvgIpc) is 2.90. The van der Waals surface area contributed by atoms with Crippen molar-refractivity contribution in [1.82, 2.24) is 19.4 Å². The van der Waals surface area contributed by atoms with Gasteiger partial charge < -0.3 is 19.9 Å². The maximum Gasteiger partial charge on any atom is 0.328 e. The van der Waals surface area contributed by atoms with Gasteiger partial charge in [0.05, 0.1) is 13.1 Å². The van der Waals surface area contributed by atoms with Crippen LogP contribution < -0.4 is 5.32 Å². The largest absolute Gasteiger partial charge is 0.760 e. The first-order chi connectivity index (χ1) is 18.2. The summed E-state index contributed by atoms with van der Waals surface area (Å²) in [5, 5.41) is 13.5. The van der Waals surface area contributed by atoms with E-state index >= 15 is 0 Å². The van der Waals surface area contributed by atoms with Crippen molar-refractivity contribution < 1.29 is 28.3 Å². The van der Waals surface area contributed by atoms with Gasteiger partial charge in [0.1, 0.15) is 0 Å². The molecule has 1 aliphatic rings. The number of carboxylic acid groups (broad SMARTS) is 1. The number of hydrogen-bond donors (Lipinski definition) is 2. The number of hydrogen-bond acceptors (Lipinski definition) is 6. The summed E-state index contributed by atoms with van der Waals surface area (Å²) in [7, 11) is 1.42. The number of carbonyl (C=O) groups is 3. The zero-order chi connectivity index (χ0) is 27.7. The van der Waals surface area contributed by atoms with E-state index in [1.165, 1.54) is 29.5 Å². The molecule has 2 atom stereocenters. The number of likely N-dealkylation sites (N-methyl/N-ethyl adjacent to an activating group) is 1. The van der Waals surface area contributed by atoms with Crippen LogP contribution >= 0.6 is 0 Å². The van der Waals surface area contributed by atoms with Gasteiger partial charge in [-0.3, -0.25) is 18.7 Å². The Kier molecular flexibility index (Phi) is 11.0. The van der Waals surface area contributed by atoms with E-state index in [0.717, 1.165) is 41.2 Å². The molecule has 1 saturated heterocycles. The van der Waals surface area contributed by atoms with E-state index in [2.05, 4.69) is 47.5 Å². The summed E-state index contributed by atoms with van der Waals surface area (Å²) in [5.41, 5.74) is 1.28. The predicted molar refractivity (Wildman–Crippen MR) is 145 cm³/mol. The number of carbonyl (C=O) groups excluding carboxylic acids is 2. The third-order valence-electron chi connectivity index (χ3n) is 6.94. The second kappa shape index (κ2) is 14.1. The van der Waals surface area contributed by atoms with Crippen molar-refractivity contribution in [3.8, 4) is 0 Å². The first-order valence-corrected chi connectivity index (χ1v) is 13.6. The molecule has 3 rings (SSSR count). The molecule has 1 heterocycles. The van der Waals surface area contributed by atoms with E-state index in [9.17, 15) is 23.1 Å². The van der Waals surface area contributed by atoms with Gasteiger partial charge in [0, 0.05) is 43.5 Å². The van der Waals surface area contributed by atoms with Crippen molar-refractivity contribution in [2.24, 2.45) is 5.92 Å². The highest BCUT2D eigenvalue weighted by atomic mass is 32.2. The lowest BCUT2D eigenvalue weighted by Crippen LogP contribution is -2.46. The minimum atomic E-state index is -2.57. The quantitative estimate of drug-likeness (QED) is 0.309. The Morgan fingerprint density at radius 2 is 1.84 bits per heavy atom. The lowest BCUT2D eigenvalue weighted by molar-refractivity contribution is -0.134. The van der Waals surface area contributed by atoms with Gasteiger partial charge in [0.2, 0.25) is 11.8 Å². The number of aliphatic carboxylic acids is 1. The first kappa shape index (κ1) is 29.4. The smallest absolute Gasteiger partial charge is 0.328 e. The number of likely N-dealkylation sites (tertiary alicyclic amines) is 1. The number of nitrogens with zero attached hydrogens (tertiary/aromatic N) is 3. The molecule has 1 fully saturated rings. The molecule has 0 saturated carbocycles. The van der Waals surface area contributed by atoms with Gasteiger partial charge in [0.25, 0.3) is 0 Å². The van der Waals surface area contributed by atoms with Gasteiger partial charge in [-0.25, -0.2) is 9.10 Å². The minimum Gasteiger partial charge on any atom is -0.760 e. The summed E-state index contributed by atoms with van der Waals surface area (Å²) in [6, 6.07) is 14.9. The Bertz CT molecular complexity index is 1180. The molecule has 0 aromatic heterocycles. The molecule has 2 aromatic rings. The number of fused-ring (bicyclic) bond motifs is 1.